The highest BCUT2D eigenvalue weighted by Crippen LogP contribution is 2.39. The molecule has 0 bridgehead atoms. The number of benzene rings is 1. The molecular formula is C17H14Cl2N2S. The molecule has 0 atom stereocenters. The average Bonchev–Trinajstić information content (AvgIpc) is 2.86. The predicted molar refractivity (Wildman–Crippen MR) is 94.0 cm³/mol. The van der Waals surface area contributed by atoms with E-state index in [2.05, 4.69) is 11.1 Å². The molecule has 0 amide bonds. The van der Waals surface area contributed by atoms with Crippen LogP contribution in [-0.2, 0) is 12.8 Å². The minimum atomic E-state index is 0.514. The molecule has 2 nitrogen and oxygen atoms in total. The Bertz CT molecular complexity index is 800. The zero-order valence-electron chi connectivity index (χ0n) is 12.1. The lowest BCUT2D eigenvalue weighted by Crippen LogP contribution is -1.99. The topological polar surface area (TPSA) is 36.1 Å². The van der Waals surface area contributed by atoms with E-state index < -0.39 is 0 Å². The number of hydrogen-bond acceptors (Lipinski definition) is 3. The molecule has 112 valence electrons. The van der Waals surface area contributed by atoms with Gasteiger partial charge in [0.1, 0.15) is 11.1 Å². The molecule has 1 aromatic heterocycles. The number of hydrogen-bond donors (Lipinski definition) is 0. The molecule has 0 saturated heterocycles. The van der Waals surface area contributed by atoms with E-state index in [0.717, 1.165) is 41.1 Å². The molecule has 0 fully saturated rings. The number of rotatable bonds is 2. The van der Waals surface area contributed by atoms with Crippen molar-refractivity contribution in [2.24, 2.45) is 4.99 Å². The first-order valence-corrected chi connectivity index (χ1v) is 8.72. The van der Waals surface area contributed by atoms with Crippen molar-refractivity contribution >= 4 is 45.3 Å². The van der Waals surface area contributed by atoms with Gasteiger partial charge in [-0.1, -0.05) is 29.3 Å². The van der Waals surface area contributed by atoms with Gasteiger partial charge in [-0.2, -0.15) is 5.26 Å². The van der Waals surface area contributed by atoms with Crippen LogP contribution in [0.3, 0.4) is 0 Å². The molecule has 0 aliphatic heterocycles. The molecule has 0 N–H and O–H groups in total. The Labute approximate surface area is 144 Å². The SMILES string of the molecule is C/C(=N\c1sc2c(c1C#N)CCCC2)c1ccc(Cl)c(Cl)c1. The Kier molecular flexibility index (Phi) is 4.54. The number of halogens is 2. The van der Waals surface area contributed by atoms with Gasteiger partial charge in [0, 0.05) is 10.6 Å². The number of aliphatic imine (C=N–C) groups is 1. The summed E-state index contributed by atoms with van der Waals surface area (Å²) in [7, 11) is 0. The van der Waals surface area contributed by atoms with Gasteiger partial charge in [0.2, 0.25) is 0 Å². The molecule has 1 aliphatic carbocycles. The van der Waals surface area contributed by atoms with Crippen LogP contribution in [0.25, 0.3) is 0 Å². The van der Waals surface area contributed by atoms with Crippen molar-refractivity contribution in [2.75, 3.05) is 0 Å². The minimum Gasteiger partial charge on any atom is -0.241 e. The summed E-state index contributed by atoms with van der Waals surface area (Å²) in [6.07, 6.45) is 4.42. The van der Waals surface area contributed by atoms with Gasteiger partial charge >= 0.3 is 0 Å². The molecule has 0 saturated carbocycles. The molecule has 3 rings (SSSR count). The van der Waals surface area contributed by atoms with E-state index in [1.165, 1.54) is 16.9 Å². The Hall–Kier alpha value is -1.34. The maximum atomic E-state index is 9.48. The first-order chi connectivity index (χ1) is 10.6. The number of thiophene rings is 1. The van der Waals surface area contributed by atoms with Crippen molar-refractivity contribution in [3.8, 4) is 6.07 Å². The number of fused-ring (bicyclic) bond motifs is 1. The van der Waals surface area contributed by atoms with E-state index >= 15 is 0 Å². The van der Waals surface area contributed by atoms with E-state index in [9.17, 15) is 5.26 Å². The van der Waals surface area contributed by atoms with Gasteiger partial charge in [0.25, 0.3) is 0 Å². The highest BCUT2D eigenvalue weighted by molar-refractivity contribution is 7.16. The lowest BCUT2D eigenvalue weighted by atomic mass is 9.96. The highest BCUT2D eigenvalue weighted by atomic mass is 35.5. The van der Waals surface area contributed by atoms with Crippen LogP contribution in [0.2, 0.25) is 10.0 Å². The van der Waals surface area contributed by atoms with E-state index in [4.69, 9.17) is 23.2 Å². The summed E-state index contributed by atoms with van der Waals surface area (Å²) in [5.41, 5.74) is 3.72. The standard InChI is InChI=1S/C17H14Cl2N2S/c1-10(11-6-7-14(18)15(19)8-11)21-17-13(9-20)12-4-2-3-5-16(12)22-17/h6-8H,2-5H2,1H3/b21-10+. The number of nitriles is 1. The van der Waals surface area contributed by atoms with Gasteiger partial charge in [0.15, 0.2) is 0 Å². The fourth-order valence-electron chi connectivity index (χ4n) is 2.68. The summed E-state index contributed by atoms with van der Waals surface area (Å²) in [5, 5.41) is 11.3. The van der Waals surface area contributed by atoms with Crippen LogP contribution < -0.4 is 0 Å². The van der Waals surface area contributed by atoms with E-state index in [1.54, 1.807) is 17.4 Å². The second-order valence-electron chi connectivity index (χ2n) is 5.33. The van der Waals surface area contributed by atoms with Crippen molar-refractivity contribution in [1.29, 1.82) is 5.26 Å². The monoisotopic (exact) mass is 348 g/mol. The van der Waals surface area contributed by atoms with Crippen molar-refractivity contribution in [3.05, 3.63) is 49.8 Å². The van der Waals surface area contributed by atoms with Crippen LogP contribution in [0, 0.1) is 11.3 Å². The first-order valence-electron chi connectivity index (χ1n) is 7.15. The summed E-state index contributed by atoms with van der Waals surface area (Å²) < 4.78 is 0. The van der Waals surface area contributed by atoms with Gasteiger partial charge < -0.3 is 0 Å². The lowest BCUT2D eigenvalue weighted by molar-refractivity contribution is 0.696. The van der Waals surface area contributed by atoms with Gasteiger partial charge in [-0.15, -0.1) is 11.3 Å². The van der Waals surface area contributed by atoms with E-state index in [0.29, 0.717) is 10.0 Å². The van der Waals surface area contributed by atoms with Crippen LogP contribution in [0.15, 0.2) is 23.2 Å². The Morgan fingerprint density at radius 2 is 2.00 bits per heavy atom. The van der Waals surface area contributed by atoms with Gasteiger partial charge in [-0.25, -0.2) is 4.99 Å². The molecule has 2 aromatic rings. The molecule has 1 heterocycles. The lowest BCUT2D eigenvalue weighted by Gasteiger charge is -2.09. The summed E-state index contributed by atoms with van der Waals surface area (Å²) in [6, 6.07) is 7.81. The third-order valence-corrected chi connectivity index (χ3v) is 5.80. The Balaban J connectivity index is 2.02. The average molecular weight is 349 g/mol. The molecule has 0 spiro atoms. The summed E-state index contributed by atoms with van der Waals surface area (Å²) >= 11 is 13.7. The Morgan fingerprint density at radius 3 is 2.73 bits per heavy atom. The van der Waals surface area contributed by atoms with Crippen LogP contribution in [0.5, 0.6) is 0 Å². The molecule has 0 radical (unpaired) electrons. The molecule has 1 aliphatic rings. The van der Waals surface area contributed by atoms with Crippen LogP contribution in [0.4, 0.5) is 5.00 Å². The molecule has 0 unspecified atom stereocenters. The van der Waals surface area contributed by atoms with Crippen molar-refractivity contribution < 1.29 is 0 Å². The molecular weight excluding hydrogens is 335 g/mol. The van der Waals surface area contributed by atoms with Gasteiger partial charge in [-0.05, 0) is 55.9 Å². The van der Waals surface area contributed by atoms with E-state index in [-0.39, 0.29) is 0 Å². The second kappa shape index (κ2) is 6.42. The predicted octanol–water partition coefficient (Wildman–Crippen LogP) is 5.95. The Morgan fingerprint density at radius 1 is 1.23 bits per heavy atom. The smallest absolute Gasteiger partial charge is 0.134 e. The van der Waals surface area contributed by atoms with E-state index in [1.807, 2.05) is 19.1 Å². The van der Waals surface area contributed by atoms with Crippen LogP contribution >= 0.6 is 34.5 Å². The van der Waals surface area contributed by atoms with Crippen LogP contribution in [-0.4, -0.2) is 5.71 Å². The van der Waals surface area contributed by atoms with Crippen LogP contribution in [0.1, 0.15) is 41.3 Å². The summed E-state index contributed by atoms with van der Waals surface area (Å²) in [6.45, 7) is 1.93. The zero-order valence-corrected chi connectivity index (χ0v) is 14.4. The maximum absolute atomic E-state index is 9.48. The van der Waals surface area contributed by atoms with Gasteiger partial charge in [0.05, 0.1) is 15.6 Å². The van der Waals surface area contributed by atoms with Gasteiger partial charge in [-0.3, -0.25) is 0 Å². The number of aryl methyl sites for hydroxylation is 1. The minimum absolute atomic E-state index is 0.514. The number of nitrogens with zero attached hydrogens (tertiary/aromatic N) is 2. The fraction of sp³-hybridized carbons (Fsp3) is 0.294. The molecule has 1 aromatic carbocycles. The fourth-order valence-corrected chi connectivity index (χ4v) is 4.24. The summed E-state index contributed by atoms with van der Waals surface area (Å²) in [4.78, 5) is 6.01. The highest BCUT2D eigenvalue weighted by Gasteiger charge is 2.20. The third kappa shape index (κ3) is 2.92. The normalized spacial score (nSPS) is 14.5. The zero-order chi connectivity index (χ0) is 15.7. The first kappa shape index (κ1) is 15.6. The van der Waals surface area contributed by atoms with Crippen molar-refractivity contribution in [2.45, 2.75) is 32.6 Å². The van der Waals surface area contributed by atoms with Crippen molar-refractivity contribution in [1.82, 2.24) is 0 Å². The van der Waals surface area contributed by atoms with Crippen molar-refractivity contribution in [3.63, 3.8) is 0 Å². The quantitative estimate of drug-likeness (QED) is 0.618. The maximum Gasteiger partial charge on any atom is 0.134 e. The largest absolute Gasteiger partial charge is 0.241 e. The third-order valence-electron chi connectivity index (χ3n) is 3.87. The second-order valence-corrected chi connectivity index (χ2v) is 7.23. The molecule has 22 heavy (non-hydrogen) atoms. The molecule has 5 heteroatoms. The summed E-state index contributed by atoms with van der Waals surface area (Å²) in [5.74, 6) is 0.